The van der Waals surface area contributed by atoms with Crippen molar-refractivity contribution in [2.75, 3.05) is 7.11 Å². The fourth-order valence-corrected chi connectivity index (χ4v) is 3.56. The Morgan fingerprint density at radius 1 is 0.824 bits per heavy atom. The Hall–Kier alpha value is -4.52. The molecule has 1 aromatic heterocycles. The molecule has 1 heterocycles. The first-order valence-corrected chi connectivity index (χ1v) is 10.8. The molecule has 0 aliphatic carbocycles. The summed E-state index contributed by atoms with van der Waals surface area (Å²) in [5.41, 5.74) is 2.81. The highest BCUT2D eigenvalue weighted by Crippen LogP contribution is 2.32. The van der Waals surface area contributed by atoms with Crippen molar-refractivity contribution < 1.29 is 18.7 Å². The molecule has 0 saturated carbocycles. The first kappa shape index (κ1) is 21.3. The van der Waals surface area contributed by atoms with Crippen LogP contribution < -0.4 is 14.3 Å². The van der Waals surface area contributed by atoms with E-state index in [1.165, 1.54) is 10.9 Å². The molecule has 0 unspecified atom stereocenters. The second-order valence-electron chi connectivity index (χ2n) is 7.53. The monoisotopic (exact) mass is 453 g/mol. The summed E-state index contributed by atoms with van der Waals surface area (Å²) in [6, 6.07) is 31.3. The first-order valence-electron chi connectivity index (χ1n) is 10.8. The number of benzene rings is 4. The van der Waals surface area contributed by atoms with E-state index in [4.69, 9.17) is 9.47 Å². The predicted octanol–water partition coefficient (Wildman–Crippen LogP) is 4.94. The van der Waals surface area contributed by atoms with Crippen molar-refractivity contribution >= 4 is 0 Å². The van der Waals surface area contributed by atoms with Crippen LogP contribution in [0.1, 0.15) is 5.56 Å². The standard InChI is InChI=1S/C27H22FN4O2/c1-33-26-18-21(16-17-25(26)34-19-20-10-4-2-5-11-20)27-29-31(22-12-6-3-7-13-22)32(30-27)24-15-9-8-14-23(24)28/h2-18H,19H2,1H3/q+1. The van der Waals surface area contributed by atoms with Gasteiger partial charge in [0.1, 0.15) is 12.3 Å². The molecule has 0 fully saturated rings. The lowest BCUT2D eigenvalue weighted by Gasteiger charge is -2.11. The molecule has 4 aromatic carbocycles. The van der Waals surface area contributed by atoms with Crippen LogP contribution in [-0.2, 0) is 6.61 Å². The molecule has 0 aliphatic heterocycles. The lowest BCUT2D eigenvalue weighted by Crippen LogP contribution is -2.44. The van der Waals surface area contributed by atoms with Crippen LogP contribution in [0.5, 0.6) is 11.5 Å². The maximum absolute atomic E-state index is 14.6. The van der Waals surface area contributed by atoms with Crippen LogP contribution in [0.3, 0.4) is 0 Å². The van der Waals surface area contributed by atoms with Crippen molar-refractivity contribution in [3.05, 3.63) is 115 Å². The molecule has 0 spiro atoms. The smallest absolute Gasteiger partial charge is 0.340 e. The zero-order valence-corrected chi connectivity index (χ0v) is 18.5. The van der Waals surface area contributed by atoms with Gasteiger partial charge < -0.3 is 9.47 Å². The maximum atomic E-state index is 14.6. The molecule has 0 aliphatic rings. The molecule has 0 atom stereocenters. The number of rotatable bonds is 7. The van der Waals surface area contributed by atoms with Crippen LogP contribution in [0, 0.1) is 5.82 Å². The van der Waals surface area contributed by atoms with Gasteiger partial charge in [0.05, 0.1) is 17.8 Å². The molecule has 0 saturated heterocycles. The SMILES string of the molecule is COc1cc(-c2nn(-c3ccccc3)[n+](-c3ccccc3F)n2)ccc1OCc1ccccc1. The molecule has 0 bridgehead atoms. The maximum Gasteiger partial charge on any atom is 0.340 e. The summed E-state index contributed by atoms with van der Waals surface area (Å²) >= 11 is 0. The third kappa shape index (κ3) is 4.36. The molecule has 6 nitrogen and oxygen atoms in total. The summed E-state index contributed by atoms with van der Waals surface area (Å²) in [7, 11) is 1.59. The zero-order chi connectivity index (χ0) is 23.3. The van der Waals surface area contributed by atoms with Crippen LogP contribution in [0.4, 0.5) is 4.39 Å². The van der Waals surface area contributed by atoms with Crippen molar-refractivity contribution in [2.45, 2.75) is 6.61 Å². The lowest BCUT2D eigenvalue weighted by atomic mass is 10.2. The minimum absolute atomic E-state index is 0.292. The molecule has 5 rings (SSSR count). The Labute approximate surface area is 196 Å². The Kier molecular flexibility index (Phi) is 5.99. The highest BCUT2D eigenvalue weighted by Gasteiger charge is 2.26. The third-order valence-corrected chi connectivity index (χ3v) is 5.27. The predicted molar refractivity (Wildman–Crippen MR) is 126 cm³/mol. The van der Waals surface area contributed by atoms with Gasteiger partial charge in [-0.25, -0.2) is 4.39 Å². The van der Waals surface area contributed by atoms with Gasteiger partial charge in [-0.05, 0) is 57.9 Å². The van der Waals surface area contributed by atoms with Gasteiger partial charge in [0.25, 0.3) is 0 Å². The van der Waals surface area contributed by atoms with Gasteiger partial charge in [0.2, 0.25) is 5.69 Å². The second-order valence-corrected chi connectivity index (χ2v) is 7.53. The van der Waals surface area contributed by atoms with Gasteiger partial charge in [0.15, 0.2) is 17.3 Å². The van der Waals surface area contributed by atoms with Gasteiger partial charge in [0, 0.05) is 4.80 Å². The van der Waals surface area contributed by atoms with Crippen LogP contribution in [-0.4, -0.2) is 22.1 Å². The Balaban J connectivity index is 1.53. The number of methoxy groups -OCH3 is 1. The molecule has 0 amide bonds. The lowest BCUT2D eigenvalue weighted by molar-refractivity contribution is -0.736. The number of halogens is 1. The van der Waals surface area contributed by atoms with Crippen molar-refractivity contribution in [1.29, 1.82) is 0 Å². The molecule has 168 valence electrons. The summed E-state index contributed by atoms with van der Waals surface area (Å²) < 4.78 is 26.2. The average Bonchev–Trinajstić information content (AvgIpc) is 3.34. The Morgan fingerprint density at radius 3 is 2.26 bits per heavy atom. The summed E-state index contributed by atoms with van der Waals surface area (Å²) in [5, 5.41) is 9.29. The number of para-hydroxylation sites is 2. The number of hydrogen-bond donors (Lipinski definition) is 0. The molecule has 7 heteroatoms. The number of nitrogens with zero attached hydrogens (tertiary/aromatic N) is 4. The van der Waals surface area contributed by atoms with E-state index >= 15 is 0 Å². The van der Waals surface area contributed by atoms with Gasteiger partial charge in [-0.2, -0.15) is 0 Å². The Morgan fingerprint density at radius 2 is 1.53 bits per heavy atom. The van der Waals surface area contributed by atoms with Crippen LogP contribution in [0.25, 0.3) is 22.8 Å². The minimum Gasteiger partial charge on any atom is -0.493 e. The topological polar surface area (TPSA) is 53.0 Å². The van der Waals surface area contributed by atoms with Gasteiger partial charge in [-0.1, -0.05) is 60.7 Å². The number of tetrazole rings is 1. The summed E-state index contributed by atoms with van der Waals surface area (Å²) in [4.78, 5) is 3.02. The summed E-state index contributed by atoms with van der Waals surface area (Å²) in [5.74, 6) is 1.19. The fourth-order valence-electron chi connectivity index (χ4n) is 3.56. The van der Waals surface area contributed by atoms with Crippen molar-refractivity contribution in [2.24, 2.45) is 0 Å². The molecule has 0 radical (unpaired) electrons. The molecule has 0 N–H and O–H groups in total. The average molecular weight is 453 g/mol. The molecule has 5 aromatic rings. The van der Waals surface area contributed by atoms with Gasteiger partial charge in [-0.15, -0.1) is 0 Å². The van der Waals surface area contributed by atoms with E-state index in [-0.39, 0.29) is 0 Å². The van der Waals surface area contributed by atoms with Crippen molar-refractivity contribution in [3.8, 4) is 34.3 Å². The van der Waals surface area contributed by atoms with E-state index in [2.05, 4.69) is 10.2 Å². The quantitative estimate of drug-likeness (QED) is 0.328. The van der Waals surface area contributed by atoms with Crippen LogP contribution >= 0.6 is 0 Å². The van der Waals surface area contributed by atoms with E-state index in [0.29, 0.717) is 35.2 Å². The highest BCUT2D eigenvalue weighted by atomic mass is 19.1. The third-order valence-electron chi connectivity index (χ3n) is 5.27. The summed E-state index contributed by atoms with van der Waals surface area (Å²) in [6.45, 7) is 0.421. The normalized spacial score (nSPS) is 10.8. The first-order chi connectivity index (χ1) is 16.7. The van der Waals surface area contributed by atoms with E-state index in [9.17, 15) is 4.39 Å². The highest BCUT2D eigenvalue weighted by molar-refractivity contribution is 5.60. The molecular formula is C27H22FN4O2+. The van der Waals surface area contributed by atoms with E-state index in [1.807, 2.05) is 78.9 Å². The Bertz CT molecular complexity index is 1410. The van der Waals surface area contributed by atoms with Gasteiger partial charge >= 0.3 is 5.82 Å². The molecule has 34 heavy (non-hydrogen) atoms. The van der Waals surface area contributed by atoms with E-state index < -0.39 is 5.82 Å². The van der Waals surface area contributed by atoms with Crippen molar-refractivity contribution in [1.82, 2.24) is 15.0 Å². The molecular weight excluding hydrogens is 431 g/mol. The number of aromatic nitrogens is 4. The van der Waals surface area contributed by atoms with E-state index in [0.717, 1.165) is 11.3 Å². The van der Waals surface area contributed by atoms with E-state index in [1.54, 1.807) is 30.1 Å². The minimum atomic E-state index is -0.397. The number of hydrogen-bond acceptors (Lipinski definition) is 4. The zero-order valence-electron chi connectivity index (χ0n) is 18.5. The largest absolute Gasteiger partial charge is 0.493 e. The second kappa shape index (κ2) is 9.54. The summed E-state index contributed by atoms with van der Waals surface area (Å²) in [6.07, 6.45) is 0. The van der Waals surface area contributed by atoms with Crippen LogP contribution in [0.2, 0.25) is 0 Å². The van der Waals surface area contributed by atoms with Crippen molar-refractivity contribution in [3.63, 3.8) is 0 Å². The van der Waals surface area contributed by atoms with Gasteiger partial charge in [-0.3, -0.25) is 0 Å². The van der Waals surface area contributed by atoms with Crippen LogP contribution in [0.15, 0.2) is 103 Å². The fraction of sp³-hybridized carbons (Fsp3) is 0.0741. The number of ether oxygens (including phenoxy) is 2.